The third-order valence-corrected chi connectivity index (χ3v) is 5.99. The molecule has 0 aliphatic carbocycles. The molecule has 0 saturated carbocycles. The minimum atomic E-state index is -0.787. The van der Waals surface area contributed by atoms with Crippen LogP contribution in [-0.4, -0.2) is 57.3 Å². The van der Waals surface area contributed by atoms with Crippen LogP contribution in [0.1, 0.15) is 11.3 Å². The van der Waals surface area contributed by atoms with E-state index in [1.165, 1.54) is 4.68 Å². The first-order valence-corrected chi connectivity index (χ1v) is 12.3. The van der Waals surface area contributed by atoms with Crippen LogP contribution in [0.4, 0.5) is 20.3 Å². The summed E-state index contributed by atoms with van der Waals surface area (Å²) in [6, 6.07) is 13.0. The second-order valence-corrected chi connectivity index (χ2v) is 8.66. The highest BCUT2D eigenvalue weighted by Crippen LogP contribution is 2.31. The molecule has 5 aromatic rings. The minimum Gasteiger partial charge on any atom is -0.493 e. The average Bonchev–Trinajstić information content (AvgIpc) is 3.33. The summed E-state index contributed by atoms with van der Waals surface area (Å²) in [6.45, 7) is -0.306. The number of fused-ring (bicyclic) bond motifs is 1. The van der Waals surface area contributed by atoms with Crippen LogP contribution in [0.25, 0.3) is 22.4 Å². The molecule has 2 N–H and O–H groups in total. The van der Waals surface area contributed by atoms with Gasteiger partial charge in [-0.05, 0) is 12.1 Å². The number of nitrogens with zero attached hydrogens (tertiary/aromatic N) is 5. The van der Waals surface area contributed by atoms with Crippen molar-refractivity contribution in [2.24, 2.45) is 0 Å². The molecule has 0 amide bonds. The van der Waals surface area contributed by atoms with Gasteiger partial charge in [0.25, 0.3) is 0 Å². The van der Waals surface area contributed by atoms with Gasteiger partial charge < -0.3 is 24.6 Å². The Morgan fingerprint density at radius 2 is 1.82 bits per heavy atom. The van der Waals surface area contributed by atoms with Crippen LogP contribution in [0.2, 0.25) is 0 Å². The zero-order valence-corrected chi connectivity index (χ0v) is 21.8. The van der Waals surface area contributed by atoms with E-state index in [0.717, 1.165) is 12.1 Å². The van der Waals surface area contributed by atoms with Crippen LogP contribution in [0.3, 0.4) is 0 Å². The molecule has 0 aliphatic rings. The number of nitrogens with one attached hydrogen (secondary N) is 1. The number of aliphatic hydroxyl groups excluding tert-OH is 1. The summed E-state index contributed by atoms with van der Waals surface area (Å²) < 4.78 is 47.2. The number of hydrogen-bond acceptors (Lipinski definition) is 9. The first-order valence-electron chi connectivity index (χ1n) is 12.3. The van der Waals surface area contributed by atoms with Crippen LogP contribution in [0.15, 0.2) is 60.9 Å². The lowest BCUT2D eigenvalue weighted by Crippen LogP contribution is -2.08. The fourth-order valence-electron chi connectivity index (χ4n) is 4.21. The molecule has 0 unspecified atom stereocenters. The molecular formula is C28H26F2N6O4. The van der Waals surface area contributed by atoms with Gasteiger partial charge in [0.1, 0.15) is 35.5 Å². The number of halogens is 2. The Morgan fingerprint density at radius 1 is 1.02 bits per heavy atom. The Hall–Kier alpha value is -4.68. The molecule has 5 rings (SSSR count). The van der Waals surface area contributed by atoms with E-state index in [0.29, 0.717) is 45.4 Å². The normalized spacial score (nSPS) is 11.1. The number of para-hydroxylation sites is 1. The second kappa shape index (κ2) is 12.0. The van der Waals surface area contributed by atoms with Gasteiger partial charge in [0.05, 0.1) is 50.0 Å². The van der Waals surface area contributed by atoms with Crippen molar-refractivity contribution in [1.82, 2.24) is 24.7 Å². The average molecular weight is 549 g/mol. The van der Waals surface area contributed by atoms with E-state index in [4.69, 9.17) is 19.3 Å². The monoisotopic (exact) mass is 548 g/mol. The Labute approximate surface area is 228 Å². The van der Waals surface area contributed by atoms with Crippen LogP contribution >= 0.6 is 0 Å². The van der Waals surface area contributed by atoms with Crippen LogP contribution in [0.5, 0.6) is 11.5 Å². The number of rotatable bonds is 11. The minimum absolute atomic E-state index is 0.00646. The molecule has 3 heterocycles. The highest BCUT2D eigenvalue weighted by atomic mass is 19.1. The topological polar surface area (TPSA) is 116 Å². The largest absolute Gasteiger partial charge is 0.493 e. The number of anilines is 2. The first-order chi connectivity index (χ1) is 19.5. The molecule has 0 saturated heterocycles. The number of methoxy groups -OCH3 is 2. The third kappa shape index (κ3) is 5.67. The Balaban J connectivity index is 1.56. The smallest absolute Gasteiger partial charge is 0.183 e. The molecule has 0 spiro atoms. The van der Waals surface area contributed by atoms with Crippen LogP contribution in [0, 0.1) is 11.6 Å². The quantitative estimate of drug-likeness (QED) is 0.246. The Bertz CT molecular complexity index is 1620. The van der Waals surface area contributed by atoms with Crippen LogP contribution in [-0.2, 0) is 17.9 Å². The van der Waals surface area contributed by atoms with E-state index in [-0.39, 0.29) is 37.7 Å². The van der Waals surface area contributed by atoms with Gasteiger partial charge in [-0.2, -0.15) is 5.10 Å². The number of ether oxygens (including phenoxy) is 3. The van der Waals surface area contributed by atoms with Crippen molar-refractivity contribution in [3.05, 3.63) is 83.8 Å². The number of pyridine rings is 1. The molecule has 0 radical (unpaired) electrons. The van der Waals surface area contributed by atoms with Crippen molar-refractivity contribution in [3.8, 4) is 23.0 Å². The van der Waals surface area contributed by atoms with Gasteiger partial charge in [-0.3, -0.25) is 9.67 Å². The summed E-state index contributed by atoms with van der Waals surface area (Å²) in [7, 11) is 3.11. The summed E-state index contributed by atoms with van der Waals surface area (Å²) in [5.41, 5.74) is 2.14. The SMILES string of the molecule is COCc1cc(Nc2ccncc2OC)nc(-c2nn(Cc3c(F)cc(OCCO)cc3F)c3ccccc23)n1. The molecular weight excluding hydrogens is 522 g/mol. The van der Waals surface area contributed by atoms with Crippen LogP contribution < -0.4 is 14.8 Å². The predicted molar refractivity (Wildman–Crippen MR) is 144 cm³/mol. The number of benzene rings is 2. The fraction of sp³-hybridized carbons (Fsp3) is 0.214. The van der Waals surface area contributed by atoms with Crippen molar-refractivity contribution in [2.75, 3.05) is 32.8 Å². The lowest BCUT2D eigenvalue weighted by Gasteiger charge is -2.12. The van der Waals surface area contributed by atoms with Gasteiger partial charge in [0, 0.05) is 42.5 Å². The predicted octanol–water partition coefficient (Wildman–Crippen LogP) is 4.48. The Morgan fingerprint density at radius 3 is 2.58 bits per heavy atom. The molecule has 10 nitrogen and oxygen atoms in total. The number of aromatic nitrogens is 5. The summed E-state index contributed by atoms with van der Waals surface area (Å²) in [5.74, 6) is -0.282. The fourth-order valence-corrected chi connectivity index (χ4v) is 4.21. The maximum atomic E-state index is 14.9. The van der Waals surface area contributed by atoms with Gasteiger partial charge in [0.2, 0.25) is 0 Å². The standard InChI is InChI=1S/C28H26F2N6O4/c1-38-16-17-11-26(33-23-7-8-31-14-25(23)39-2)34-28(32-17)27-19-5-3-4-6-24(19)36(35-27)15-20-21(29)12-18(13-22(20)30)40-10-9-37/h3-8,11-14,37H,9-10,15-16H2,1-2H3,(H,31,32,33,34). The zero-order valence-electron chi connectivity index (χ0n) is 21.8. The van der Waals surface area contributed by atoms with E-state index < -0.39 is 11.6 Å². The summed E-state index contributed by atoms with van der Waals surface area (Å²) in [6.07, 6.45) is 3.21. The highest BCUT2D eigenvalue weighted by molar-refractivity contribution is 5.92. The molecule has 3 aromatic heterocycles. The maximum Gasteiger partial charge on any atom is 0.183 e. The summed E-state index contributed by atoms with van der Waals surface area (Å²) >= 11 is 0. The van der Waals surface area contributed by atoms with Crippen molar-refractivity contribution >= 4 is 22.4 Å². The lowest BCUT2D eigenvalue weighted by atomic mass is 10.1. The van der Waals surface area contributed by atoms with Gasteiger partial charge >= 0.3 is 0 Å². The molecule has 2 aromatic carbocycles. The first kappa shape index (κ1) is 26.9. The number of aliphatic hydroxyl groups is 1. The van der Waals surface area contributed by atoms with Gasteiger partial charge in [-0.15, -0.1) is 0 Å². The van der Waals surface area contributed by atoms with E-state index in [2.05, 4.69) is 25.4 Å². The van der Waals surface area contributed by atoms with Gasteiger partial charge in [-0.25, -0.2) is 18.7 Å². The molecule has 0 atom stereocenters. The number of hydrogen-bond donors (Lipinski definition) is 2. The lowest BCUT2D eigenvalue weighted by molar-refractivity contribution is 0.181. The second-order valence-electron chi connectivity index (χ2n) is 8.66. The summed E-state index contributed by atoms with van der Waals surface area (Å²) in [4.78, 5) is 13.4. The molecule has 0 fully saturated rings. The van der Waals surface area contributed by atoms with Crippen molar-refractivity contribution in [1.29, 1.82) is 0 Å². The summed E-state index contributed by atoms with van der Waals surface area (Å²) in [5, 5.41) is 17.5. The molecule has 40 heavy (non-hydrogen) atoms. The maximum absolute atomic E-state index is 14.9. The zero-order chi connectivity index (χ0) is 28.1. The van der Waals surface area contributed by atoms with E-state index in [9.17, 15) is 8.78 Å². The van der Waals surface area contributed by atoms with Crippen molar-refractivity contribution in [3.63, 3.8) is 0 Å². The van der Waals surface area contributed by atoms with Crippen molar-refractivity contribution in [2.45, 2.75) is 13.2 Å². The molecule has 206 valence electrons. The van der Waals surface area contributed by atoms with E-state index in [1.807, 2.05) is 18.2 Å². The molecule has 12 heteroatoms. The van der Waals surface area contributed by atoms with E-state index >= 15 is 0 Å². The third-order valence-electron chi connectivity index (χ3n) is 5.99. The van der Waals surface area contributed by atoms with Gasteiger partial charge in [-0.1, -0.05) is 18.2 Å². The van der Waals surface area contributed by atoms with Gasteiger partial charge in [0.15, 0.2) is 11.6 Å². The van der Waals surface area contributed by atoms with Crippen molar-refractivity contribution < 1.29 is 28.1 Å². The molecule has 0 aliphatic heterocycles. The molecule has 0 bridgehead atoms. The van der Waals surface area contributed by atoms with E-state index in [1.54, 1.807) is 44.8 Å². The highest BCUT2D eigenvalue weighted by Gasteiger charge is 2.20. The Kier molecular flexibility index (Phi) is 8.08.